The maximum atomic E-state index is 15.8. The van der Waals surface area contributed by atoms with Crippen molar-refractivity contribution in [2.45, 2.75) is 64.5 Å². The van der Waals surface area contributed by atoms with Gasteiger partial charge in [0.15, 0.2) is 0 Å². The Hall–Kier alpha value is -3.21. The van der Waals surface area contributed by atoms with Gasteiger partial charge in [-0.2, -0.15) is 0 Å². The lowest BCUT2D eigenvalue weighted by atomic mass is 9.81. The summed E-state index contributed by atoms with van der Waals surface area (Å²) in [4.78, 5) is 11.1. The number of fused-ring (bicyclic) bond motifs is 1. The predicted molar refractivity (Wildman–Crippen MR) is 154 cm³/mol. The van der Waals surface area contributed by atoms with Gasteiger partial charge >= 0.3 is 5.97 Å². The van der Waals surface area contributed by atoms with E-state index in [9.17, 15) is 4.79 Å². The Bertz CT molecular complexity index is 1480. The molecule has 2 aromatic carbocycles. The molecule has 0 aliphatic heterocycles. The molecule has 2 aromatic rings. The van der Waals surface area contributed by atoms with E-state index < -0.39 is 11.6 Å². The molecule has 0 bridgehead atoms. The molecule has 2 nitrogen and oxygen atoms in total. The Morgan fingerprint density at radius 1 is 1.14 bits per heavy atom. The molecule has 0 spiro atoms. The number of halogens is 1. The van der Waals surface area contributed by atoms with Crippen LogP contribution in [0.25, 0.3) is 22.9 Å². The first-order valence-corrected chi connectivity index (χ1v) is 13.4. The quantitative estimate of drug-likeness (QED) is 0.254. The maximum absolute atomic E-state index is 15.8. The highest BCUT2D eigenvalue weighted by Crippen LogP contribution is 2.35. The van der Waals surface area contributed by atoms with E-state index in [1.165, 1.54) is 0 Å². The molecular formula is C33H34FO2P. The number of hydrogen-bond acceptors (Lipinski definition) is 1. The van der Waals surface area contributed by atoms with Crippen LogP contribution in [0.4, 0.5) is 4.39 Å². The Morgan fingerprint density at radius 3 is 2.46 bits per heavy atom. The van der Waals surface area contributed by atoms with E-state index in [1.54, 1.807) is 0 Å². The van der Waals surface area contributed by atoms with Crippen LogP contribution in [0.15, 0.2) is 82.9 Å². The Balaban J connectivity index is 1.90. The fourth-order valence-corrected chi connectivity index (χ4v) is 5.83. The molecule has 1 N–H and O–H groups in total. The van der Waals surface area contributed by atoms with Gasteiger partial charge in [-0.05, 0) is 100 Å². The summed E-state index contributed by atoms with van der Waals surface area (Å²) in [5.41, 5.74) is 12.0. The first-order chi connectivity index (χ1) is 17.7. The highest BCUT2D eigenvalue weighted by molar-refractivity contribution is 7.22. The van der Waals surface area contributed by atoms with Crippen LogP contribution >= 0.6 is 9.24 Å². The van der Waals surface area contributed by atoms with Gasteiger partial charge in [-0.15, -0.1) is 20.7 Å². The number of benzene rings is 2. The standard InChI is InChI=1S/C33H34FO2P/c1-4-22(2)32(23(3)37)27-9-8-10-29-28(20-27)17-25(21-33(34)15-6-5-7-16-33)18-30(29)26-13-11-24(12-14-26)19-31(35)36/h8-9,11-14,17-18,20H,1,5-7,15-16,19,21,37H2,2-3H3,(H,35,36)/b32-23+. The number of rotatable bonds is 7. The van der Waals surface area contributed by atoms with Gasteiger partial charge in [-0.3, -0.25) is 4.79 Å². The average Bonchev–Trinajstić information content (AvgIpc) is 3.06. The van der Waals surface area contributed by atoms with Crippen molar-refractivity contribution in [3.63, 3.8) is 0 Å². The van der Waals surface area contributed by atoms with Crippen molar-refractivity contribution in [1.82, 2.24) is 0 Å². The van der Waals surface area contributed by atoms with Crippen LogP contribution in [0.1, 0.15) is 57.1 Å². The van der Waals surface area contributed by atoms with Crippen molar-refractivity contribution in [1.29, 1.82) is 0 Å². The van der Waals surface area contributed by atoms with Gasteiger partial charge in [-0.1, -0.05) is 56.2 Å². The minimum absolute atomic E-state index is 0.0183. The lowest BCUT2D eigenvalue weighted by Crippen LogP contribution is -2.32. The van der Waals surface area contributed by atoms with Gasteiger partial charge in [0.2, 0.25) is 0 Å². The molecule has 0 radical (unpaired) electrons. The molecular weight excluding hydrogens is 478 g/mol. The zero-order valence-electron chi connectivity index (χ0n) is 21.7. The molecule has 1 atom stereocenters. The molecule has 0 aromatic heterocycles. The minimum atomic E-state index is -1.18. The van der Waals surface area contributed by atoms with E-state index >= 15 is 4.39 Å². The van der Waals surface area contributed by atoms with Crippen LogP contribution < -0.4 is 10.4 Å². The molecule has 190 valence electrons. The van der Waals surface area contributed by atoms with Crippen molar-refractivity contribution in [3.8, 4) is 11.1 Å². The smallest absolute Gasteiger partial charge is 0.307 e. The molecule has 1 unspecified atom stereocenters. The number of allylic oxidation sites excluding steroid dienone is 6. The Labute approximate surface area is 221 Å². The second-order valence-corrected chi connectivity index (χ2v) is 11.1. The SMILES string of the molecule is C=C=C(C)/C(C1=CC=C=c2c(-c3ccc(CC(=O)O)cc3)cc(CC3(F)CCCCC3)cc2=C1)=C(/C)P. The van der Waals surface area contributed by atoms with Crippen molar-refractivity contribution in [2.75, 3.05) is 0 Å². The molecule has 4 heteroatoms. The topological polar surface area (TPSA) is 37.3 Å². The monoisotopic (exact) mass is 512 g/mol. The fraction of sp³-hybridized carbons (Fsp3) is 0.303. The zero-order valence-corrected chi connectivity index (χ0v) is 22.8. The molecule has 1 fully saturated rings. The van der Waals surface area contributed by atoms with E-state index in [1.807, 2.05) is 50.3 Å². The van der Waals surface area contributed by atoms with Crippen LogP contribution in [-0.2, 0) is 17.6 Å². The Kier molecular flexibility index (Phi) is 8.31. The van der Waals surface area contributed by atoms with E-state index in [-0.39, 0.29) is 6.42 Å². The molecule has 4 rings (SSSR count). The van der Waals surface area contributed by atoms with Gasteiger partial charge in [0.25, 0.3) is 0 Å². The third kappa shape index (κ3) is 6.38. The Morgan fingerprint density at radius 2 is 1.84 bits per heavy atom. The van der Waals surface area contributed by atoms with Crippen molar-refractivity contribution in [3.05, 3.63) is 104 Å². The molecule has 0 amide bonds. The summed E-state index contributed by atoms with van der Waals surface area (Å²) < 4.78 is 15.8. The average molecular weight is 513 g/mol. The number of hydrogen-bond donors (Lipinski definition) is 1. The number of carboxylic acid groups (broad SMARTS) is 1. The molecule has 2 aliphatic rings. The van der Waals surface area contributed by atoms with Crippen LogP contribution in [-0.4, -0.2) is 16.7 Å². The van der Waals surface area contributed by atoms with E-state index in [0.717, 1.165) is 74.0 Å². The highest BCUT2D eigenvalue weighted by atomic mass is 31.0. The second-order valence-electron chi connectivity index (χ2n) is 10.2. The summed E-state index contributed by atoms with van der Waals surface area (Å²) in [6, 6.07) is 11.8. The largest absolute Gasteiger partial charge is 0.481 e. The summed E-state index contributed by atoms with van der Waals surface area (Å²) in [5.74, 6) is -0.856. The molecule has 0 heterocycles. The van der Waals surface area contributed by atoms with Crippen molar-refractivity contribution < 1.29 is 14.3 Å². The summed E-state index contributed by atoms with van der Waals surface area (Å²) >= 11 is 0. The number of aliphatic carboxylic acids is 1. The third-order valence-electron chi connectivity index (χ3n) is 7.24. The van der Waals surface area contributed by atoms with Gasteiger partial charge < -0.3 is 5.11 Å². The molecule has 0 saturated heterocycles. The third-order valence-corrected chi connectivity index (χ3v) is 7.53. The van der Waals surface area contributed by atoms with E-state index in [2.05, 4.69) is 45.5 Å². The molecule has 37 heavy (non-hydrogen) atoms. The lowest BCUT2D eigenvalue weighted by Gasteiger charge is -2.29. The van der Waals surface area contributed by atoms with Gasteiger partial charge in [0.1, 0.15) is 5.67 Å². The highest BCUT2D eigenvalue weighted by Gasteiger charge is 2.32. The van der Waals surface area contributed by atoms with Crippen LogP contribution in [0.3, 0.4) is 0 Å². The van der Waals surface area contributed by atoms with Crippen LogP contribution in [0.2, 0.25) is 0 Å². The predicted octanol–water partition coefficient (Wildman–Crippen LogP) is 6.73. The number of carbonyl (C=O) groups is 1. The fourth-order valence-electron chi connectivity index (χ4n) is 5.45. The normalized spacial score (nSPS) is 16.7. The number of alkyl halides is 1. The maximum Gasteiger partial charge on any atom is 0.307 e. The van der Waals surface area contributed by atoms with Crippen molar-refractivity contribution in [2.24, 2.45) is 0 Å². The zero-order chi connectivity index (χ0) is 26.6. The van der Waals surface area contributed by atoms with E-state index in [4.69, 9.17) is 5.11 Å². The summed E-state index contributed by atoms with van der Waals surface area (Å²) in [6.07, 6.45) is 10.7. The minimum Gasteiger partial charge on any atom is -0.481 e. The number of carboxylic acids is 1. The molecule has 2 aliphatic carbocycles. The summed E-state index contributed by atoms with van der Waals surface area (Å²) in [7, 11) is 2.78. The van der Waals surface area contributed by atoms with E-state index in [0.29, 0.717) is 19.3 Å². The van der Waals surface area contributed by atoms with Crippen LogP contribution in [0.5, 0.6) is 0 Å². The molecule has 1 saturated carbocycles. The summed E-state index contributed by atoms with van der Waals surface area (Å²) in [5, 5.41) is 12.2. The van der Waals surface area contributed by atoms with Gasteiger partial charge in [0, 0.05) is 11.6 Å². The second kappa shape index (κ2) is 11.5. The summed E-state index contributed by atoms with van der Waals surface area (Å²) in [6.45, 7) is 7.89. The van der Waals surface area contributed by atoms with Gasteiger partial charge in [0.05, 0.1) is 6.42 Å². The lowest BCUT2D eigenvalue weighted by molar-refractivity contribution is -0.136. The van der Waals surface area contributed by atoms with Crippen molar-refractivity contribution >= 4 is 27.0 Å². The van der Waals surface area contributed by atoms with Crippen LogP contribution in [0, 0.1) is 0 Å². The first kappa shape index (κ1) is 26.8. The van der Waals surface area contributed by atoms with Gasteiger partial charge in [-0.25, -0.2) is 4.39 Å². The first-order valence-electron chi connectivity index (χ1n) is 12.8.